The summed E-state index contributed by atoms with van der Waals surface area (Å²) in [5.41, 5.74) is 6.87. The molecule has 0 aliphatic heterocycles. The lowest BCUT2D eigenvalue weighted by Gasteiger charge is -2.06. The van der Waals surface area contributed by atoms with Gasteiger partial charge in [0.05, 0.1) is 17.4 Å². The molecule has 0 aliphatic carbocycles. The van der Waals surface area contributed by atoms with E-state index in [1.165, 1.54) is 12.3 Å². The van der Waals surface area contributed by atoms with Gasteiger partial charge in [-0.3, -0.25) is 0 Å². The Labute approximate surface area is 120 Å². The number of nitrogens with zero attached hydrogens (tertiary/aromatic N) is 1. The highest BCUT2D eigenvalue weighted by atomic mass is 35.5. The van der Waals surface area contributed by atoms with Crippen molar-refractivity contribution in [2.24, 2.45) is 0 Å². The number of nitrogen functional groups attached to an aromatic ring is 1. The minimum absolute atomic E-state index is 0.0651. The lowest BCUT2D eigenvalue weighted by atomic mass is 10.2. The Hall–Kier alpha value is -1.78. The molecule has 1 aromatic carbocycles. The van der Waals surface area contributed by atoms with Crippen molar-refractivity contribution in [1.29, 1.82) is 0 Å². The van der Waals surface area contributed by atoms with Gasteiger partial charge in [0, 0.05) is 5.02 Å². The molecule has 0 bridgehead atoms. The molecule has 0 saturated carbocycles. The summed E-state index contributed by atoms with van der Waals surface area (Å²) in [5, 5.41) is 0.688. The molecule has 0 fully saturated rings. The highest BCUT2D eigenvalue weighted by Crippen LogP contribution is 2.17. The van der Waals surface area contributed by atoms with Crippen LogP contribution < -0.4 is 5.73 Å². The van der Waals surface area contributed by atoms with Gasteiger partial charge < -0.3 is 10.5 Å². The number of anilines is 1. The van der Waals surface area contributed by atoms with E-state index in [4.69, 9.17) is 33.7 Å². The second-order valence-electron chi connectivity index (χ2n) is 3.81. The number of ether oxygens (including phenoxy) is 1. The largest absolute Gasteiger partial charge is 0.457 e. The van der Waals surface area contributed by atoms with Gasteiger partial charge in [-0.15, -0.1) is 0 Å². The molecule has 2 N–H and O–H groups in total. The summed E-state index contributed by atoms with van der Waals surface area (Å²) in [6.07, 6.45) is 1.37. The van der Waals surface area contributed by atoms with Gasteiger partial charge in [0.15, 0.2) is 0 Å². The van der Waals surface area contributed by atoms with Crippen molar-refractivity contribution < 1.29 is 9.53 Å². The van der Waals surface area contributed by atoms with E-state index in [1.54, 1.807) is 24.3 Å². The standard InChI is InChI=1S/C13H10Cl2N2O2/c14-9-3-1-8(2-4-9)7-19-13(18)11-5-10(16)6-17-12(11)15/h1-6H,7,16H2. The summed E-state index contributed by atoms with van der Waals surface area (Å²) in [5.74, 6) is -0.570. The van der Waals surface area contributed by atoms with Crippen molar-refractivity contribution in [1.82, 2.24) is 4.98 Å². The lowest BCUT2D eigenvalue weighted by molar-refractivity contribution is 0.0472. The molecule has 98 valence electrons. The SMILES string of the molecule is Nc1cnc(Cl)c(C(=O)OCc2ccc(Cl)cc2)c1. The molecule has 4 nitrogen and oxygen atoms in total. The van der Waals surface area contributed by atoms with Crippen LogP contribution in [0.15, 0.2) is 36.5 Å². The average Bonchev–Trinajstić information content (AvgIpc) is 2.40. The molecule has 1 aromatic heterocycles. The summed E-state index contributed by atoms with van der Waals surface area (Å²) in [6.45, 7) is 0.126. The number of benzene rings is 1. The van der Waals surface area contributed by atoms with Crippen LogP contribution in [-0.2, 0) is 11.3 Å². The Morgan fingerprint density at radius 3 is 2.63 bits per heavy atom. The molecule has 0 amide bonds. The fourth-order valence-corrected chi connectivity index (χ4v) is 1.72. The van der Waals surface area contributed by atoms with Gasteiger partial charge in [0.1, 0.15) is 11.8 Å². The maximum Gasteiger partial charge on any atom is 0.341 e. The van der Waals surface area contributed by atoms with Crippen LogP contribution in [0.3, 0.4) is 0 Å². The highest BCUT2D eigenvalue weighted by Gasteiger charge is 2.13. The number of nitrogens with two attached hydrogens (primary N) is 1. The molecular weight excluding hydrogens is 287 g/mol. The molecule has 6 heteroatoms. The average molecular weight is 297 g/mol. The van der Waals surface area contributed by atoms with Crippen LogP contribution in [0.4, 0.5) is 5.69 Å². The first-order valence-electron chi connectivity index (χ1n) is 5.39. The zero-order valence-electron chi connectivity index (χ0n) is 9.77. The number of carbonyl (C=O) groups excluding carboxylic acids is 1. The third kappa shape index (κ3) is 3.59. The molecule has 0 atom stereocenters. The summed E-state index contributed by atoms with van der Waals surface area (Å²) in [7, 11) is 0. The zero-order chi connectivity index (χ0) is 13.8. The Balaban J connectivity index is 2.05. The van der Waals surface area contributed by atoms with Gasteiger partial charge in [0.25, 0.3) is 0 Å². The van der Waals surface area contributed by atoms with Gasteiger partial charge in [0.2, 0.25) is 0 Å². The number of hydrogen-bond donors (Lipinski definition) is 1. The minimum Gasteiger partial charge on any atom is -0.457 e. The van der Waals surface area contributed by atoms with Gasteiger partial charge >= 0.3 is 5.97 Å². The van der Waals surface area contributed by atoms with Gasteiger partial charge in [-0.1, -0.05) is 35.3 Å². The van der Waals surface area contributed by atoms with Gasteiger partial charge in [-0.25, -0.2) is 9.78 Å². The number of aromatic nitrogens is 1. The summed E-state index contributed by atoms with van der Waals surface area (Å²) >= 11 is 11.6. The van der Waals surface area contributed by atoms with E-state index < -0.39 is 5.97 Å². The fraction of sp³-hybridized carbons (Fsp3) is 0.0769. The summed E-state index contributed by atoms with van der Waals surface area (Å²) < 4.78 is 5.13. The Morgan fingerprint density at radius 1 is 1.26 bits per heavy atom. The predicted octanol–water partition coefficient (Wildman–Crippen LogP) is 3.33. The minimum atomic E-state index is -0.570. The van der Waals surface area contributed by atoms with E-state index in [2.05, 4.69) is 4.98 Å². The molecule has 2 aromatic rings. The predicted molar refractivity (Wildman–Crippen MR) is 74.2 cm³/mol. The summed E-state index contributed by atoms with van der Waals surface area (Å²) in [4.78, 5) is 15.6. The van der Waals surface area contributed by atoms with Crippen LogP contribution in [0, 0.1) is 0 Å². The normalized spacial score (nSPS) is 10.2. The molecule has 1 heterocycles. The zero-order valence-corrected chi connectivity index (χ0v) is 11.3. The van der Waals surface area contributed by atoms with Crippen LogP contribution in [0.1, 0.15) is 15.9 Å². The number of halogens is 2. The molecular formula is C13H10Cl2N2O2. The second-order valence-corrected chi connectivity index (χ2v) is 4.60. The van der Waals surface area contributed by atoms with E-state index in [-0.39, 0.29) is 17.3 Å². The van der Waals surface area contributed by atoms with Crippen molar-refractivity contribution in [2.45, 2.75) is 6.61 Å². The fourth-order valence-electron chi connectivity index (χ4n) is 1.41. The molecule has 2 rings (SSSR count). The quantitative estimate of drug-likeness (QED) is 0.697. The van der Waals surface area contributed by atoms with E-state index >= 15 is 0 Å². The van der Waals surface area contributed by atoms with Crippen molar-refractivity contribution >= 4 is 34.9 Å². The van der Waals surface area contributed by atoms with Gasteiger partial charge in [-0.2, -0.15) is 0 Å². The lowest BCUT2D eigenvalue weighted by Crippen LogP contribution is -2.07. The first-order chi connectivity index (χ1) is 9.06. The van der Waals surface area contributed by atoms with Crippen LogP contribution in [0.2, 0.25) is 10.2 Å². The van der Waals surface area contributed by atoms with E-state index in [9.17, 15) is 4.79 Å². The first-order valence-corrected chi connectivity index (χ1v) is 6.14. The van der Waals surface area contributed by atoms with Crippen molar-refractivity contribution in [3.8, 4) is 0 Å². The number of hydrogen-bond acceptors (Lipinski definition) is 4. The molecule has 0 radical (unpaired) electrons. The Morgan fingerprint density at radius 2 is 1.95 bits per heavy atom. The molecule has 19 heavy (non-hydrogen) atoms. The number of esters is 1. The number of pyridine rings is 1. The molecule has 0 aliphatic rings. The smallest absolute Gasteiger partial charge is 0.341 e. The monoisotopic (exact) mass is 296 g/mol. The van der Waals surface area contributed by atoms with Crippen molar-refractivity contribution in [3.63, 3.8) is 0 Å². The number of rotatable bonds is 3. The maximum atomic E-state index is 11.8. The third-order valence-corrected chi connectivity index (χ3v) is 2.92. The molecule has 0 unspecified atom stereocenters. The summed E-state index contributed by atoms with van der Waals surface area (Å²) in [6, 6.07) is 8.42. The van der Waals surface area contributed by atoms with Crippen LogP contribution >= 0.6 is 23.2 Å². The maximum absolute atomic E-state index is 11.8. The topological polar surface area (TPSA) is 65.2 Å². The van der Waals surface area contributed by atoms with Crippen molar-refractivity contribution in [3.05, 3.63) is 57.8 Å². The second kappa shape index (κ2) is 5.91. The number of carbonyl (C=O) groups is 1. The Bertz CT molecular complexity index is 600. The van der Waals surface area contributed by atoms with Crippen LogP contribution in [0.25, 0.3) is 0 Å². The van der Waals surface area contributed by atoms with E-state index in [1.807, 2.05) is 0 Å². The first kappa shape index (κ1) is 13.6. The third-order valence-electron chi connectivity index (χ3n) is 2.36. The Kier molecular flexibility index (Phi) is 4.24. The van der Waals surface area contributed by atoms with Crippen molar-refractivity contribution in [2.75, 3.05) is 5.73 Å². The molecule has 0 saturated heterocycles. The van der Waals surface area contributed by atoms with Gasteiger partial charge in [-0.05, 0) is 23.8 Å². The van der Waals surface area contributed by atoms with E-state index in [0.29, 0.717) is 10.7 Å². The molecule has 0 spiro atoms. The van der Waals surface area contributed by atoms with E-state index in [0.717, 1.165) is 5.56 Å². The van der Waals surface area contributed by atoms with Crippen LogP contribution in [-0.4, -0.2) is 11.0 Å². The van der Waals surface area contributed by atoms with Crippen LogP contribution in [0.5, 0.6) is 0 Å². The highest BCUT2D eigenvalue weighted by molar-refractivity contribution is 6.32.